The molecule has 1 aliphatic heterocycles. The molecule has 5 N–H and O–H groups in total. The molecule has 11 nitrogen and oxygen atoms in total. The summed E-state index contributed by atoms with van der Waals surface area (Å²) in [6, 6.07) is 8.48. The van der Waals surface area contributed by atoms with Crippen LogP contribution in [-0.4, -0.2) is 33.7 Å². The van der Waals surface area contributed by atoms with E-state index in [1.807, 2.05) is 0 Å². The summed E-state index contributed by atoms with van der Waals surface area (Å²) in [5.74, 6) is 3.44. The maximum atomic E-state index is 13.0. The van der Waals surface area contributed by atoms with E-state index in [-0.39, 0.29) is 32.0 Å². The highest BCUT2D eigenvalue weighted by Crippen LogP contribution is 2.35. The zero-order valence-corrected chi connectivity index (χ0v) is 18.2. The topological polar surface area (TPSA) is 161 Å². The van der Waals surface area contributed by atoms with Crippen LogP contribution in [0.15, 0.2) is 47.6 Å². The maximum Gasteiger partial charge on any atom is 0.339 e. The number of fused-ring (bicyclic) bond motifs is 1. The minimum Gasteiger partial charge on any atom is -0.446 e. The quantitative estimate of drug-likeness (QED) is 0.117. The van der Waals surface area contributed by atoms with Crippen molar-refractivity contribution in [1.82, 2.24) is 10.9 Å². The Morgan fingerprint density at radius 3 is 2.62 bits per heavy atom. The van der Waals surface area contributed by atoms with Gasteiger partial charge in [0.05, 0.1) is 15.6 Å². The molecule has 0 spiro atoms. The van der Waals surface area contributed by atoms with Gasteiger partial charge in [-0.05, 0) is 36.5 Å². The lowest BCUT2D eigenvalue weighted by molar-refractivity contribution is -0.514. The highest BCUT2D eigenvalue weighted by molar-refractivity contribution is 7.80. The van der Waals surface area contributed by atoms with Gasteiger partial charge in [0.2, 0.25) is 16.9 Å². The number of hydrogen-bond donors (Lipinski definition) is 4. The molecule has 32 heavy (non-hydrogen) atoms. The van der Waals surface area contributed by atoms with Gasteiger partial charge in [-0.15, -0.1) is 0 Å². The fourth-order valence-corrected chi connectivity index (χ4v) is 3.27. The number of nitrogens with zero attached hydrogens (tertiary/aromatic N) is 2. The predicted octanol–water partition coefficient (Wildman–Crippen LogP) is 2.18. The molecule has 2 atom stereocenters. The average Bonchev–Trinajstić information content (AvgIpc) is 3.09. The zero-order valence-electron chi connectivity index (χ0n) is 15.9. The number of amides is 1. The van der Waals surface area contributed by atoms with Gasteiger partial charge in [0, 0.05) is 16.2 Å². The molecule has 1 aliphatic rings. The number of nitrogens with two attached hydrogens (primary N) is 1. The molecule has 0 aliphatic carbocycles. The second-order valence-electron chi connectivity index (χ2n) is 6.31. The molecular formula is C18H14Cl2N6O5S. The number of hydrogen-bond acceptors (Lipinski definition) is 8. The Labute approximate surface area is 196 Å². The van der Waals surface area contributed by atoms with E-state index in [0.717, 1.165) is 0 Å². The van der Waals surface area contributed by atoms with E-state index >= 15 is 0 Å². The standard InChI is InChI=1S/C18H14Cl2N6O5S/c19-11-6-5-8(7-12(11)20)22-16(27)13(24-25-18(32)23-21)14(26(29)30)15-9-3-1-2-4-10(9)17(28)31-15/h1-7,14-15H,21H2,(H,22,27)(H2,23,25,32)/b24-13-/t14-,15-/m1/s1. The molecule has 0 saturated carbocycles. The van der Waals surface area contributed by atoms with Gasteiger partial charge < -0.3 is 10.1 Å². The molecule has 1 heterocycles. The van der Waals surface area contributed by atoms with E-state index in [4.69, 9.17) is 46.0 Å². The Kier molecular flexibility index (Phi) is 7.20. The second-order valence-corrected chi connectivity index (χ2v) is 7.53. The molecule has 1 amide bonds. The maximum absolute atomic E-state index is 13.0. The number of cyclic esters (lactones) is 1. The van der Waals surface area contributed by atoms with Crippen LogP contribution in [0.4, 0.5) is 5.69 Å². The first-order chi connectivity index (χ1) is 15.2. The molecule has 0 saturated heterocycles. The number of carbonyl (C=O) groups is 2. The summed E-state index contributed by atoms with van der Waals surface area (Å²) >= 11 is 16.6. The Hall–Kier alpha value is -3.32. The lowest BCUT2D eigenvalue weighted by atomic mass is 9.96. The largest absolute Gasteiger partial charge is 0.446 e. The smallest absolute Gasteiger partial charge is 0.339 e. The van der Waals surface area contributed by atoms with Crippen LogP contribution in [0.2, 0.25) is 10.0 Å². The summed E-state index contributed by atoms with van der Waals surface area (Å²) in [5, 5.41) is 18.4. The lowest BCUT2D eigenvalue weighted by Crippen LogP contribution is -2.45. The summed E-state index contributed by atoms with van der Waals surface area (Å²) in [6.07, 6.45) is -1.41. The average molecular weight is 497 g/mol. The van der Waals surface area contributed by atoms with E-state index in [2.05, 4.69) is 21.3 Å². The molecule has 0 aromatic heterocycles. The third-order valence-corrected chi connectivity index (χ3v) is 5.28. The van der Waals surface area contributed by atoms with Crippen LogP contribution < -0.4 is 22.0 Å². The van der Waals surface area contributed by atoms with Crippen LogP contribution in [0.25, 0.3) is 0 Å². The summed E-state index contributed by atoms with van der Waals surface area (Å²) < 4.78 is 5.22. The van der Waals surface area contributed by atoms with Gasteiger partial charge in [-0.25, -0.2) is 10.6 Å². The first-order valence-electron chi connectivity index (χ1n) is 8.77. The van der Waals surface area contributed by atoms with E-state index in [1.54, 1.807) is 12.1 Å². The summed E-state index contributed by atoms with van der Waals surface area (Å²) in [7, 11) is 0. The number of thiocarbonyl (C=S) groups is 1. The van der Waals surface area contributed by atoms with Crippen molar-refractivity contribution in [2.75, 3.05) is 5.32 Å². The number of hydrazone groups is 1. The van der Waals surface area contributed by atoms with Crippen LogP contribution in [-0.2, 0) is 9.53 Å². The molecule has 14 heteroatoms. The number of esters is 1. The van der Waals surface area contributed by atoms with Crippen molar-refractivity contribution in [3.63, 3.8) is 0 Å². The van der Waals surface area contributed by atoms with Crippen molar-refractivity contribution in [3.05, 3.63) is 73.8 Å². The Balaban J connectivity index is 2.01. The van der Waals surface area contributed by atoms with Gasteiger partial charge >= 0.3 is 12.0 Å². The molecular weight excluding hydrogens is 483 g/mol. The van der Waals surface area contributed by atoms with Gasteiger partial charge in [-0.2, -0.15) is 5.10 Å². The molecule has 0 fully saturated rings. The number of nitro groups is 1. The van der Waals surface area contributed by atoms with E-state index in [1.165, 1.54) is 30.3 Å². The van der Waals surface area contributed by atoms with Crippen LogP contribution in [0, 0.1) is 10.1 Å². The highest BCUT2D eigenvalue weighted by atomic mass is 35.5. The molecule has 0 unspecified atom stereocenters. The minimum absolute atomic E-state index is 0.152. The van der Waals surface area contributed by atoms with E-state index in [0.29, 0.717) is 0 Å². The van der Waals surface area contributed by atoms with E-state index in [9.17, 15) is 19.7 Å². The fraction of sp³-hybridized carbons (Fsp3) is 0.111. The van der Waals surface area contributed by atoms with Gasteiger partial charge in [0.1, 0.15) is 0 Å². The number of halogens is 2. The van der Waals surface area contributed by atoms with Gasteiger partial charge in [0.15, 0.2) is 0 Å². The lowest BCUT2D eigenvalue weighted by Gasteiger charge is -2.18. The number of anilines is 1. The number of hydrazine groups is 1. The van der Waals surface area contributed by atoms with Gasteiger partial charge in [0.25, 0.3) is 5.91 Å². The fourth-order valence-electron chi connectivity index (χ4n) is 2.93. The van der Waals surface area contributed by atoms with Crippen molar-refractivity contribution < 1.29 is 19.2 Å². The second kappa shape index (κ2) is 9.87. The van der Waals surface area contributed by atoms with Crippen LogP contribution in [0.1, 0.15) is 22.0 Å². The monoisotopic (exact) mass is 496 g/mol. The number of ether oxygens (including phenoxy) is 1. The Bertz CT molecular complexity index is 1140. The molecule has 3 rings (SSSR count). The van der Waals surface area contributed by atoms with E-state index < -0.39 is 34.7 Å². The number of carbonyl (C=O) groups excluding carboxylic acids is 2. The summed E-state index contributed by atoms with van der Waals surface area (Å²) in [6.45, 7) is 0. The molecule has 0 radical (unpaired) electrons. The first-order valence-corrected chi connectivity index (χ1v) is 9.93. The number of nitrogens with one attached hydrogen (secondary N) is 3. The van der Waals surface area contributed by atoms with Crippen LogP contribution in [0.3, 0.4) is 0 Å². The Morgan fingerprint density at radius 1 is 1.25 bits per heavy atom. The number of rotatable bonds is 6. The van der Waals surface area contributed by atoms with Gasteiger partial charge in [-0.3, -0.25) is 25.8 Å². The molecule has 166 valence electrons. The van der Waals surface area contributed by atoms with Crippen molar-refractivity contribution in [3.8, 4) is 0 Å². The zero-order chi connectivity index (χ0) is 23.4. The van der Waals surface area contributed by atoms with Crippen molar-refractivity contribution in [2.45, 2.75) is 12.1 Å². The number of benzene rings is 2. The molecule has 0 bridgehead atoms. The highest BCUT2D eigenvalue weighted by Gasteiger charge is 2.48. The summed E-state index contributed by atoms with van der Waals surface area (Å²) in [4.78, 5) is 36.4. The molecule has 2 aromatic carbocycles. The minimum atomic E-state index is -1.88. The van der Waals surface area contributed by atoms with Gasteiger partial charge in [-0.1, -0.05) is 41.4 Å². The predicted molar refractivity (Wildman–Crippen MR) is 121 cm³/mol. The van der Waals surface area contributed by atoms with Crippen LogP contribution in [0.5, 0.6) is 0 Å². The van der Waals surface area contributed by atoms with Crippen molar-refractivity contribution >= 4 is 63.8 Å². The Morgan fingerprint density at radius 2 is 1.97 bits per heavy atom. The van der Waals surface area contributed by atoms with Crippen LogP contribution >= 0.6 is 35.4 Å². The first kappa shape index (κ1) is 23.3. The third-order valence-electron chi connectivity index (χ3n) is 4.33. The summed E-state index contributed by atoms with van der Waals surface area (Å²) in [5.41, 5.74) is 4.28. The van der Waals surface area contributed by atoms with Crippen molar-refractivity contribution in [2.24, 2.45) is 10.9 Å². The third kappa shape index (κ3) is 4.94. The molecule has 2 aromatic rings. The SMILES string of the molecule is NNC(=S)N/N=C(\C(=O)Nc1ccc(Cl)c(Cl)c1)[C@H]([C@@H]1OC(=O)c2ccccc21)[N+](=O)[O-]. The normalized spacial score (nSPS) is 15.9. The van der Waals surface area contributed by atoms with Crippen molar-refractivity contribution in [1.29, 1.82) is 0 Å².